The summed E-state index contributed by atoms with van der Waals surface area (Å²) in [5.41, 5.74) is 0.00325. The lowest BCUT2D eigenvalue weighted by Crippen LogP contribution is -2.38. The number of aliphatic carboxylic acids is 1. The van der Waals surface area contributed by atoms with Gasteiger partial charge in [0, 0.05) is 31.8 Å². The number of benzene rings is 2. The van der Waals surface area contributed by atoms with Crippen molar-refractivity contribution in [1.29, 1.82) is 0 Å². The first-order valence-corrected chi connectivity index (χ1v) is 11.5. The third-order valence-electron chi connectivity index (χ3n) is 6.31. The van der Waals surface area contributed by atoms with Crippen LogP contribution in [0.25, 0.3) is 0 Å². The highest BCUT2D eigenvalue weighted by Gasteiger charge is 2.48. The molecule has 1 saturated heterocycles. The molecular weight excluding hydrogens is 490 g/mol. The largest absolute Gasteiger partial charge is 0.490 e. The van der Waals surface area contributed by atoms with Crippen LogP contribution >= 0.6 is 11.6 Å². The smallest absolute Gasteiger partial charge is 0.431 e. The molecule has 2 aliphatic heterocycles. The van der Waals surface area contributed by atoms with Crippen molar-refractivity contribution in [2.45, 2.75) is 44.5 Å². The SMILES string of the molecule is CC1C(C(F)(F)F)=NN(c2ccc(OC3CCN(c4cc(F)ccc4Cl)CC3)cc2)C1CC(=O)O. The van der Waals surface area contributed by atoms with Crippen molar-refractivity contribution in [3.05, 3.63) is 53.3 Å². The van der Waals surface area contributed by atoms with Crippen LogP contribution in [-0.2, 0) is 4.79 Å². The van der Waals surface area contributed by atoms with E-state index < -0.39 is 36.2 Å². The summed E-state index contributed by atoms with van der Waals surface area (Å²) in [7, 11) is 0. The molecule has 4 rings (SSSR count). The van der Waals surface area contributed by atoms with E-state index in [0.717, 1.165) is 5.01 Å². The fourth-order valence-electron chi connectivity index (χ4n) is 4.49. The van der Waals surface area contributed by atoms with Gasteiger partial charge in [-0.05, 0) is 42.5 Å². The van der Waals surface area contributed by atoms with Crippen LogP contribution in [0.15, 0.2) is 47.6 Å². The van der Waals surface area contributed by atoms with Gasteiger partial charge in [-0.1, -0.05) is 18.5 Å². The van der Waals surface area contributed by atoms with E-state index in [1.807, 2.05) is 4.90 Å². The molecule has 1 N–H and O–H groups in total. The Labute approximate surface area is 204 Å². The maximum Gasteiger partial charge on any atom is 0.431 e. The summed E-state index contributed by atoms with van der Waals surface area (Å²) >= 11 is 6.20. The zero-order valence-electron chi connectivity index (χ0n) is 18.8. The van der Waals surface area contributed by atoms with Crippen LogP contribution in [0.4, 0.5) is 28.9 Å². The van der Waals surface area contributed by atoms with Crippen LogP contribution in [0.5, 0.6) is 5.75 Å². The van der Waals surface area contributed by atoms with Crippen molar-refractivity contribution >= 4 is 34.7 Å². The molecule has 0 saturated carbocycles. The zero-order chi connectivity index (χ0) is 25.3. The molecule has 2 unspecified atom stereocenters. The fourth-order valence-corrected chi connectivity index (χ4v) is 4.73. The molecule has 2 atom stereocenters. The second-order valence-corrected chi connectivity index (χ2v) is 9.08. The maximum absolute atomic E-state index is 13.6. The predicted octanol–water partition coefficient (Wildman–Crippen LogP) is 5.74. The number of nitrogens with zero attached hydrogens (tertiary/aromatic N) is 3. The number of hydrogen-bond acceptors (Lipinski definition) is 5. The molecule has 11 heteroatoms. The van der Waals surface area contributed by atoms with Crippen molar-refractivity contribution in [1.82, 2.24) is 0 Å². The minimum atomic E-state index is -4.64. The molecule has 2 aromatic rings. The first-order chi connectivity index (χ1) is 16.5. The Morgan fingerprint density at radius 2 is 1.83 bits per heavy atom. The molecule has 0 amide bonds. The number of alkyl halides is 3. The van der Waals surface area contributed by atoms with Crippen LogP contribution in [0.2, 0.25) is 5.02 Å². The third-order valence-corrected chi connectivity index (χ3v) is 6.63. The highest BCUT2D eigenvalue weighted by Crippen LogP contribution is 2.37. The summed E-state index contributed by atoms with van der Waals surface area (Å²) in [6, 6.07) is 9.71. The number of carboxylic acid groups (broad SMARTS) is 1. The molecule has 0 aliphatic carbocycles. The van der Waals surface area contributed by atoms with Crippen molar-refractivity contribution in [2.24, 2.45) is 11.0 Å². The van der Waals surface area contributed by atoms with Gasteiger partial charge in [0.15, 0.2) is 0 Å². The summed E-state index contributed by atoms with van der Waals surface area (Å²) in [5, 5.41) is 14.5. The fraction of sp³-hybridized carbons (Fsp3) is 0.417. The van der Waals surface area contributed by atoms with Crippen LogP contribution in [0, 0.1) is 11.7 Å². The summed E-state index contributed by atoms with van der Waals surface area (Å²) < 4.78 is 59.7. The molecule has 0 spiro atoms. The molecule has 2 aromatic carbocycles. The monoisotopic (exact) mass is 513 g/mol. The molecule has 1 fully saturated rings. The first-order valence-electron chi connectivity index (χ1n) is 11.2. The van der Waals surface area contributed by atoms with Gasteiger partial charge < -0.3 is 14.7 Å². The zero-order valence-corrected chi connectivity index (χ0v) is 19.6. The molecule has 35 heavy (non-hydrogen) atoms. The Kier molecular flexibility index (Phi) is 7.12. The molecule has 0 bridgehead atoms. The molecular formula is C24H24ClF4N3O3. The molecule has 6 nitrogen and oxygen atoms in total. The Morgan fingerprint density at radius 3 is 2.43 bits per heavy atom. The number of piperidine rings is 1. The summed E-state index contributed by atoms with van der Waals surface area (Å²) in [4.78, 5) is 13.3. The molecule has 0 radical (unpaired) electrons. The van der Waals surface area contributed by atoms with Crippen molar-refractivity contribution in [3.63, 3.8) is 0 Å². The van der Waals surface area contributed by atoms with E-state index in [9.17, 15) is 27.5 Å². The summed E-state index contributed by atoms with van der Waals surface area (Å²) in [6.45, 7) is 2.59. The maximum atomic E-state index is 13.6. The predicted molar refractivity (Wildman–Crippen MR) is 125 cm³/mol. The van der Waals surface area contributed by atoms with Crippen LogP contribution < -0.4 is 14.6 Å². The van der Waals surface area contributed by atoms with E-state index in [-0.39, 0.29) is 11.9 Å². The van der Waals surface area contributed by atoms with Gasteiger partial charge in [0.1, 0.15) is 23.4 Å². The van der Waals surface area contributed by atoms with Crippen LogP contribution in [0.1, 0.15) is 26.2 Å². The second kappa shape index (κ2) is 9.93. The molecule has 0 aromatic heterocycles. The van der Waals surface area contributed by atoms with Gasteiger partial charge in [0.2, 0.25) is 0 Å². The highest BCUT2D eigenvalue weighted by molar-refractivity contribution is 6.33. The van der Waals surface area contributed by atoms with E-state index in [4.69, 9.17) is 16.3 Å². The van der Waals surface area contributed by atoms with Crippen LogP contribution in [-0.4, -0.2) is 48.2 Å². The quantitative estimate of drug-likeness (QED) is 0.499. The van der Waals surface area contributed by atoms with Gasteiger partial charge in [-0.3, -0.25) is 9.80 Å². The average molecular weight is 514 g/mol. The van der Waals surface area contributed by atoms with E-state index in [0.29, 0.717) is 48.1 Å². The van der Waals surface area contributed by atoms with Crippen molar-refractivity contribution in [2.75, 3.05) is 23.0 Å². The van der Waals surface area contributed by atoms with Crippen molar-refractivity contribution in [3.8, 4) is 5.75 Å². The van der Waals surface area contributed by atoms with Gasteiger partial charge in [0.25, 0.3) is 0 Å². The Hall–Kier alpha value is -3.01. The first kappa shape index (κ1) is 25.1. The van der Waals surface area contributed by atoms with Gasteiger partial charge in [-0.2, -0.15) is 18.3 Å². The minimum absolute atomic E-state index is 0.0918. The second-order valence-electron chi connectivity index (χ2n) is 8.68. The Balaban J connectivity index is 1.41. The standard InChI is InChI=1S/C24H24ClF4N3O3/c1-14-20(13-22(33)34)32(30-23(14)24(27,28)29)16-3-5-17(6-4-16)35-18-8-10-31(11-9-18)21-12-15(26)2-7-19(21)25/h2-7,12,14,18,20H,8-11,13H2,1H3,(H,33,34). The molecule has 188 valence electrons. The lowest BCUT2D eigenvalue weighted by Gasteiger charge is -2.34. The average Bonchev–Trinajstić information content (AvgIpc) is 3.12. The van der Waals surface area contributed by atoms with E-state index in [1.165, 1.54) is 25.1 Å². The summed E-state index contributed by atoms with van der Waals surface area (Å²) in [6.07, 6.45) is -3.85. The normalized spacial score (nSPS) is 21.3. The van der Waals surface area contributed by atoms with E-state index in [2.05, 4.69) is 5.10 Å². The number of carboxylic acids is 1. The van der Waals surface area contributed by atoms with E-state index >= 15 is 0 Å². The minimum Gasteiger partial charge on any atom is -0.490 e. The van der Waals surface area contributed by atoms with Gasteiger partial charge >= 0.3 is 12.1 Å². The number of halogens is 5. The van der Waals surface area contributed by atoms with Gasteiger partial charge in [-0.15, -0.1) is 0 Å². The van der Waals surface area contributed by atoms with Gasteiger partial charge in [0.05, 0.1) is 28.9 Å². The Bertz CT molecular complexity index is 1100. The highest BCUT2D eigenvalue weighted by atomic mass is 35.5. The Morgan fingerprint density at radius 1 is 1.17 bits per heavy atom. The number of carbonyl (C=O) groups is 1. The number of hydrogen-bond donors (Lipinski definition) is 1. The van der Waals surface area contributed by atoms with Gasteiger partial charge in [-0.25, -0.2) is 4.39 Å². The number of hydrazone groups is 1. The van der Waals surface area contributed by atoms with Crippen LogP contribution in [0.3, 0.4) is 0 Å². The number of rotatable bonds is 6. The topological polar surface area (TPSA) is 65.4 Å². The molecule has 2 heterocycles. The lowest BCUT2D eigenvalue weighted by molar-refractivity contribution is -0.137. The molecule has 2 aliphatic rings. The number of ether oxygens (including phenoxy) is 1. The third kappa shape index (κ3) is 5.63. The van der Waals surface area contributed by atoms with E-state index in [1.54, 1.807) is 24.3 Å². The van der Waals surface area contributed by atoms with Crippen molar-refractivity contribution < 1.29 is 32.2 Å². The summed E-state index contributed by atoms with van der Waals surface area (Å²) in [5.74, 6) is -2.10. The lowest BCUT2D eigenvalue weighted by atomic mass is 9.94. The number of anilines is 2.